The number of nitrogens with one attached hydrogen (secondary N) is 1. The summed E-state index contributed by atoms with van der Waals surface area (Å²) >= 11 is 5.61. The van der Waals surface area contributed by atoms with E-state index in [0.29, 0.717) is 11.4 Å². The molecule has 0 radical (unpaired) electrons. The van der Waals surface area contributed by atoms with E-state index in [9.17, 15) is 4.79 Å². The topological polar surface area (TPSA) is 64.4 Å². The van der Waals surface area contributed by atoms with Crippen molar-refractivity contribution in [2.45, 2.75) is 6.61 Å². The van der Waals surface area contributed by atoms with Crippen molar-refractivity contribution < 1.29 is 14.1 Å². The second kappa shape index (κ2) is 6.49. The maximum absolute atomic E-state index is 11.9. The third kappa shape index (κ3) is 3.77. The number of ether oxygens (including phenoxy) is 1. The first-order valence-corrected chi connectivity index (χ1v) is 7.18. The Morgan fingerprint density at radius 3 is 3.00 bits per heavy atom. The number of aromatic nitrogens is 1. The quantitative estimate of drug-likeness (QED) is 0.745. The Bertz CT molecular complexity index is 600. The van der Waals surface area contributed by atoms with Gasteiger partial charge in [-0.25, -0.2) is 0 Å². The van der Waals surface area contributed by atoms with Crippen molar-refractivity contribution in [3.63, 3.8) is 0 Å². The zero-order valence-corrected chi connectivity index (χ0v) is 13.7. The van der Waals surface area contributed by atoms with Crippen LogP contribution in [0.15, 0.2) is 33.3 Å². The first kappa shape index (κ1) is 14.5. The molecule has 1 amide bonds. The lowest BCUT2D eigenvalue weighted by Gasteiger charge is -2.04. The summed E-state index contributed by atoms with van der Waals surface area (Å²) in [5.74, 6) is 0.190. The van der Waals surface area contributed by atoms with Crippen LogP contribution in [0.3, 0.4) is 0 Å². The van der Waals surface area contributed by atoms with Gasteiger partial charge in [0, 0.05) is 26.9 Å². The van der Waals surface area contributed by atoms with Crippen LogP contribution in [-0.4, -0.2) is 18.2 Å². The molecule has 1 aromatic carbocycles. The predicted octanol–water partition coefficient (Wildman–Crippen LogP) is 3.44. The molecule has 0 aliphatic carbocycles. The maximum atomic E-state index is 11.9. The average molecular weight is 437 g/mol. The summed E-state index contributed by atoms with van der Waals surface area (Å²) in [6.45, 7) is 0.287. The molecule has 0 saturated heterocycles. The summed E-state index contributed by atoms with van der Waals surface area (Å²) < 4.78 is 11.8. The number of carbonyl (C=O) groups excluding carboxylic acids is 1. The van der Waals surface area contributed by atoms with Gasteiger partial charge in [0.2, 0.25) is 0 Å². The van der Waals surface area contributed by atoms with Crippen molar-refractivity contribution in [2.75, 3.05) is 12.4 Å². The number of anilines is 1. The summed E-state index contributed by atoms with van der Waals surface area (Å²) in [5, 5.41) is 6.44. The van der Waals surface area contributed by atoms with Crippen LogP contribution in [0.2, 0.25) is 0 Å². The van der Waals surface area contributed by atoms with Crippen molar-refractivity contribution in [3.8, 4) is 0 Å². The molecule has 1 heterocycles. The predicted molar refractivity (Wildman–Crippen MR) is 82.0 cm³/mol. The Labute approximate surface area is 132 Å². The van der Waals surface area contributed by atoms with E-state index in [1.54, 1.807) is 13.2 Å². The number of benzene rings is 1. The third-order valence-electron chi connectivity index (χ3n) is 2.26. The van der Waals surface area contributed by atoms with Crippen molar-refractivity contribution in [1.82, 2.24) is 5.16 Å². The highest BCUT2D eigenvalue weighted by Crippen LogP contribution is 2.23. The molecule has 1 aromatic heterocycles. The molecule has 0 saturated carbocycles. The highest BCUT2D eigenvalue weighted by Gasteiger charge is 2.13. The third-order valence-corrected chi connectivity index (χ3v) is 4.59. The molecule has 2 rings (SSSR count). The lowest BCUT2D eigenvalue weighted by atomic mass is 10.3. The number of hydrogen-bond acceptors (Lipinski definition) is 4. The maximum Gasteiger partial charge on any atom is 0.277 e. The Kier molecular flexibility index (Phi) is 4.94. The minimum atomic E-state index is -0.320. The standard InChI is InChI=1S/C12H10BrIN2O3/c1-18-6-8-5-11(16-19-8)12(17)15-7-2-3-10(14)9(13)4-7/h2-5H,6H2,1H3,(H,15,17). The van der Waals surface area contributed by atoms with Crippen LogP contribution in [0.1, 0.15) is 16.2 Å². The van der Waals surface area contributed by atoms with E-state index >= 15 is 0 Å². The molecule has 0 aliphatic heterocycles. The summed E-state index contributed by atoms with van der Waals surface area (Å²) in [5.41, 5.74) is 0.912. The fraction of sp³-hybridized carbons (Fsp3) is 0.167. The minimum absolute atomic E-state index is 0.224. The van der Waals surface area contributed by atoms with Crippen LogP contribution in [0.4, 0.5) is 5.69 Å². The van der Waals surface area contributed by atoms with Crippen molar-refractivity contribution in [2.24, 2.45) is 0 Å². The van der Waals surface area contributed by atoms with Gasteiger partial charge in [0.05, 0.1) is 0 Å². The molecular weight excluding hydrogens is 427 g/mol. The molecule has 0 atom stereocenters. The summed E-state index contributed by atoms with van der Waals surface area (Å²) in [6, 6.07) is 7.11. The zero-order valence-electron chi connectivity index (χ0n) is 9.94. The first-order chi connectivity index (χ1) is 9.10. The van der Waals surface area contributed by atoms with Gasteiger partial charge >= 0.3 is 0 Å². The van der Waals surface area contributed by atoms with Gasteiger partial charge in [0.1, 0.15) is 6.61 Å². The number of rotatable bonds is 4. The summed E-state index contributed by atoms with van der Waals surface area (Å²) in [4.78, 5) is 11.9. The molecule has 5 nitrogen and oxygen atoms in total. The lowest BCUT2D eigenvalue weighted by Crippen LogP contribution is -2.12. The summed E-state index contributed by atoms with van der Waals surface area (Å²) in [6.07, 6.45) is 0. The van der Waals surface area contributed by atoms with E-state index in [2.05, 4.69) is 49.0 Å². The van der Waals surface area contributed by atoms with Gasteiger partial charge in [0.15, 0.2) is 11.5 Å². The number of methoxy groups -OCH3 is 1. The van der Waals surface area contributed by atoms with Crippen LogP contribution in [0, 0.1) is 3.57 Å². The zero-order chi connectivity index (χ0) is 13.8. The average Bonchev–Trinajstić information content (AvgIpc) is 2.83. The number of amides is 1. The molecule has 2 aromatic rings. The Morgan fingerprint density at radius 2 is 2.32 bits per heavy atom. The van der Waals surface area contributed by atoms with Gasteiger partial charge in [-0.15, -0.1) is 0 Å². The SMILES string of the molecule is COCc1cc(C(=O)Nc2ccc(I)c(Br)c2)no1. The number of hydrogen-bond donors (Lipinski definition) is 1. The van der Waals surface area contributed by atoms with Gasteiger partial charge < -0.3 is 14.6 Å². The Hall–Kier alpha value is -0.930. The number of halogens is 2. The van der Waals surface area contributed by atoms with Crippen LogP contribution in [0.5, 0.6) is 0 Å². The fourth-order valence-corrected chi connectivity index (χ4v) is 2.11. The van der Waals surface area contributed by atoms with Gasteiger partial charge in [-0.05, 0) is 56.7 Å². The van der Waals surface area contributed by atoms with E-state index in [4.69, 9.17) is 9.26 Å². The van der Waals surface area contributed by atoms with E-state index in [1.807, 2.05) is 18.2 Å². The van der Waals surface area contributed by atoms with Crippen LogP contribution in [0.25, 0.3) is 0 Å². The number of carbonyl (C=O) groups is 1. The normalized spacial score (nSPS) is 10.5. The molecule has 0 fully saturated rings. The van der Waals surface area contributed by atoms with Crippen molar-refractivity contribution >= 4 is 50.1 Å². The highest BCUT2D eigenvalue weighted by molar-refractivity contribution is 14.1. The molecule has 19 heavy (non-hydrogen) atoms. The van der Waals surface area contributed by atoms with Gasteiger partial charge in [-0.2, -0.15) is 0 Å². The van der Waals surface area contributed by atoms with Crippen molar-refractivity contribution in [3.05, 3.63) is 43.8 Å². The molecule has 0 aliphatic rings. The molecular formula is C12H10BrIN2O3. The van der Waals surface area contributed by atoms with E-state index in [-0.39, 0.29) is 18.2 Å². The molecule has 0 bridgehead atoms. The minimum Gasteiger partial charge on any atom is -0.377 e. The molecule has 7 heteroatoms. The Balaban J connectivity index is 2.09. The Morgan fingerprint density at radius 1 is 1.53 bits per heavy atom. The van der Waals surface area contributed by atoms with Gasteiger partial charge in [0.25, 0.3) is 5.91 Å². The molecule has 1 N–H and O–H groups in total. The van der Waals surface area contributed by atoms with Gasteiger partial charge in [-0.3, -0.25) is 4.79 Å². The van der Waals surface area contributed by atoms with Crippen LogP contribution in [-0.2, 0) is 11.3 Å². The monoisotopic (exact) mass is 436 g/mol. The van der Waals surface area contributed by atoms with Crippen LogP contribution >= 0.6 is 38.5 Å². The van der Waals surface area contributed by atoms with Crippen LogP contribution < -0.4 is 5.32 Å². The molecule has 0 unspecified atom stereocenters. The second-order valence-electron chi connectivity index (χ2n) is 3.69. The second-order valence-corrected chi connectivity index (χ2v) is 5.71. The fourth-order valence-electron chi connectivity index (χ4n) is 1.40. The van der Waals surface area contributed by atoms with Crippen molar-refractivity contribution in [1.29, 1.82) is 0 Å². The molecule has 100 valence electrons. The summed E-state index contributed by atoms with van der Waals surface area (Å²) in [7, 11) is 1.55. The molecule has 0 spiro atoms. The van der Waals surface area contributed by atoms with E-state index in [1.165, 1.54) is 0 Å². The highest BCUT2D eigenvalue weighted by atomic mass is 127. The number of nitrogens with zero attached hydrogens (tertiary/aromatic N) is 1. The van der Waals surface area contributed by atoms with Gasteiger partial charge in [-0.1, -0.05) is 5.16 Å². The first-order valence-electron chi connectivity index (χ1n) is 5.31. The largest absolute Gasteiger partial charge is 0.377 e. The van der Waals surface area contributed by atoms with E-state index < -0.39 is 0 Å². The smallest absolute Gasteiger partial charge is 0.277 e. The lowest BCUT2D eigenvalue weighted by molar-refractivity contribution is 0.101. The van der Waals surface area contributed by atoms with E-state index in [0.717, 1.165) is 8.04 Å².